The van der Waals surface area contributed by atoms with Gasteiger partial charge in [-0.3, -0.25) is 0 Å². The average molecular weight is 322 g/mol. The second-order valence-electron chi connectivity index (χ2n) is 5.01. The summed E-state index contributed by atoms with van der Waals surface area (Å²) >= 11 is 5.89. The lowest BCUT2D eigenvalue weighted by Gasteiger charge is -2.33. The zero-order chi connectivity index (χ0) is 16.2. The predicted molar refractivity (Wildman–Crippen MR) is 81.3 cm³/mol. The highest BCUT2D eigenvalue weighted by molar-refractivity contribution is 6.30. The van der Waals surface area contributed by atoms with E-state index in [0.717, 1.165) is 6.08 Å². The minimum Gasteiger partial charge on any atom is -0.478 e. The molecule has 7 heteroatoms. The van der Waals surface area contributed by atoms with Gasteiger partial charge in [0.2, 0.25) is 0 Å². The Morgan fingerprint density at radius 2 is 2.14 bits per heavy atom. The molecule has 0 fully saturated rings. The van der Waals surface area contributed by atoms with Crippen molar-refractivity contribution < 1.29 is 15.0 Å². The smallest absolute Gasteiger partial charge is 0.327 e. The quantitative estimate of drug-likeness (QED) is 0.795. The number of halogens is 1. The van der Waals surface area contributed by atoms with Gasteiger partial charge in [0.15, 0.2) is 0 Å². The third-order valence-electron chi connectivity index (χ3n) is 3.49. The Kier molecular flexibility index (Phi) is 4.95. The van der Waals surface area contributed by atoms with Crippen LogP contribution in [0.4, 0.5) is 0 Å². The highest BCUT2D eigenvalue weighted by atomic mass is 35.5. The molecule has 0 amide bonds. The molecule has 2 rings (SSSR count). The van der Waals surface area contributed by atoms with E-state index in [9.17, 15) is 9.90 Å². The standard InChI is InChI=1S/C15H16ClN3O3/c1-11(2-7-14(20)21)15(22,8-19-10-17-9-18-19)12-3-5-13(16)6-4-12/h2-7,9-11,22H,8H2,1H3,(H,20,21). The maximum Gasteiger partial charge on any atom is 0.327 e. The van der Waals surface area contributed by atoms with Crippen LogP contribution in [0.15, 0.2) is 49.1 Å². The van der Waals surface area contributed by atoms with E-state index in [0.29, 0.717) is 10.6 Å². The number of aliphatic carboxylic acids is 1. The third-order valence-corrected chi connectivity index (χ3v) is 3.75. The van der Waals surface area contributed by atoms with E-state index in [1.165, 1.54) is 23.4 Å². The Bertz CT molecular complexity index is 655. The van der Waals surface area contributed by atoms with E-state index in [1.54, 1.807) is 31.2 Å². The summed E-state index contributed by atoms with van der Waals surface area (Å²) in [5.74, 6) is -1.53. The van der Waals surface area contributed by atoms with Gasteiger partial charge in [-0.25, -0.2) is 14.5 Å². The molecule has 6 nitrogen and oxygen atoms in total. The number of carboxylic acid groups (broad SMARTS) is 1. The molecule has 0 bridgehead atoms. The molecule has 1 aromatic heterocycles. The Morgan fingerprint density at radius 1 is 1.45 bits per heavy atom. The van der Waals surface area contributed by atoms with Crippen LogP contribution in [0.25, 0.3) is 0 Å². The monoisotopic (exact) mass is 321 g/mol. The van der Waals surface area contributed by atoms with Gasteiger partial charge >= 0.3 is 5.97 Å². The van der Waals surface area contributed by atoms with E-state index in [2.05, 4.69) is 10.1 Å². The van der Waals surface area contributed by atoms with Gasteiger partial charge in [-0.2, -0.15) is 5.10 Å². The first-order valence-electron chi connectivity index (χ1n) is 6.64. The lowest BCUT2D eigenvalue weighted by atomic mass is 9.82. The first-order chi connectivity index (χ1) is 10.4. The van der Waals surface area contributed by atoms with Crippen LogP contribution in [0.1, 0.15) is 12.5 Å². The van der Waals surface area contributed by atoms with Crippen molar-refractivity contribution >= 4 is 17.6 Å². The van der Waals surface area contributed by atoms with Crippen molar-refractivity contribution in [2.45, 2.75) is 19.1 Å². The first kappa shape index (κ1) is 16.2. The minimum absolute atomic E-state index is 0.139. The lowest BCUT2D eigenvalue weighted by Crippen LogP contribution is -2.37. The van der Waals surface area contributed by atoms with Gasteiger partial charge in [-0.05, 0) is 17.7 Å². The van der Waals surface area contributed by atoms with E-state index in [4.69, 9.17) is 16.7 Å². The molecule has 0 saturated heterocycles. The van der Waals surface area contributed by atoms with Gasteiger partial charge in [-0.1, -0.05) is 36.7 Å². The van der Waals surface area contributed by atoms with Crippen LogP contribution in [0.5, 0.6) is 0 Å². The van der Waals surface area contributed by atoms with E-state index in [-0.39, 0.29) is 6.54 Å². The van der Waals surface area contributed by atoms with Crippen LogP contribution >= 0.6 is 11.6 Å². The largest absolute Gasteiger partial charge is 0.478 e. The van der Waals surface area contributed by atoms with Crippen molar-refractivity contribution in [2.24, 2.45) is 5.92 Å². The molecule has 116 valence electrons. The van der Waals surface area contributed by atoms with Gasteiger partial charge in [0.05, 0.1) is 6.54 Å². The number of benzene rings is 1. The zero-order valence-corrected chi connectivity index (χ0v) is 12.7. The highest BCUT2D eigenvalue weighted by Gasteiger charge is 2.35. The van der Waals surface area contributed by atoms with E-state index in [1.807, 2.05) is 0 Å². The molecule has 2 aromatic rings. The number of carbonyl (C=O) groups is 1. The van der Waals surface area contributed by atoms with Gasteiger partial charge in [0.25, 0.3) is 0 Å². The van der Waals surface area contributed by atoms with Crippen LogP contribution in [0, 0.1) is 5.92 Å². The number of hydrogen-bond acceptors (Lipinski definition) is 4. The second-order valence-corrected chi connectivity index (χ2v) is 5.45. The molecule has 2 N–H and O–H groups in total. The molecule has 0 radical (unpaired) electrons. The molecule has 0 aliphatic rings. The summed E-state index contributed by atoms with van der Waals surface area (Å²) in [5, 5.41) is 24.5. The van der Waals surface area contributed by atoms with Crippen molar-refractivity contribution in [1.82, 2.24) is 14.8 Å². The minimum atomic E-state index is -1.34. The summed E-state index contributed by atoms with van der Waals surface area (Å²) in [6.07, 6.45) is 5.34. The van der Waals surface area contributed by atoms with Gasteiger partial charge in [-0.15, -0.1) is 0 Å². The SMILES string of the molecule is CC(C=CC(=O)O)C(O)(Cn1cncn1)c1ccc(Cl)cc1. The molecule has 1 heterocycles. The molecule has 0 saturated carbocycles. The molecule has 2 atom stereocenters. The van der Waals surface area contributed by atoms with Crippen LogP contribution in [0.3, 0.4) is 0 Å². The van der Waals surface area contributed by atoms with Gasteiger partial charge in [0.1, 0.15) is 18.3 Å². The van der Waals surface area contributed by atoms with Crippen molar-refractivity contribution in [3.05, 3.63) is 59.7 Å². The number of aliphatic hydroxyl groups is 1. The summed E-state index contributed by atoms with van der Waals surface area (Å²) < 4.78 is 1.50. The number of aromatic nitrogens is 3. The van der Waals surface area contributed by atoms with Crippen molar-refractivity contribution in [2.75, 3.05) is 0 Å². The summed E-state index contributed by atoms with van der Waals surface area (Å²) in [5.41, 5.74) is -0.723. The fraction of sp³-hybridized carbons (Fsp3) is 0.267. The van der Waals surface area contributed by atoms with Gasteiger partial charge in [0, 0.05) is 17.0 Å². The summed E-state index contributed by atoms with van der Waals surface area (Å²) in [6, 6.07) is 6.78. The first-order valence-corrected chi connectivity index (χ1v) is 7.01. The Hall–Kier alpha value is -2.18. The maximum absolute atomic E-state index is 11.2. The average Bonchev–Trinajstić information content (AvgIpc) is 2.97. The van der Waals surface area contributed by atoms with Crippen LogP contribution in [-0.2, 0) is 16.9 Å². The predicted octanol–water partition coefficient (Wildman–Crippen LogP) is 2.10. The van der Waals surface area contributed by atoms with Gasteiger partial charge < -0.3 is 10.2 Å². The van der Waals surface area contributed by atoms with Crippen LogP contribution in [0.2, 0.25) is 5.02 Å². The molecule has 22 heavy (non-hydrogen) atoms. The molecule has 0 spiro atoms. The summed E-state index contributed by atoms with van der Waals surface area (Å²) in [6.45, 7) is 1.88. The van der Waals surface area contributed by atoms with E-state index < -0.39 is 17.5 Å². The molecule has 1 aromatic carbocycles. The fourth-order valence-electron chi connectivity index (χ4n) is 2.18. The Balaban J connectivity index is 2.38. The van der Waals surface area contributed by atoms with Crippen molar-refractivity contribution in [1.29, 1.82) is 0 Å². The molecular weight excluding hydrogens is 306 g/mol. The van der Waals surface area contributed by atoms with Crippen molar-refractivity contribution in [3.63, 3.8) is 0 Å². The second kappa shape index (κ2) is 6.72. The van der Waals surface area contributed by atoms with Crippen LogP contribution < -0.4 is 0 Å². The number of rotatable bonds is 6. The number of carboxylic acids is 1. The molecule has 0 aliphatic heterocycles. The van der Waals surface area contributed by atoms with Crippen molar-refractivity contribution in [3.8, 4) is 0 Å². The normalized spacial score (nSPS) is 15.6. The Labute approximate surface area is 132 Å². The van der Waals surface area contributed by atoms with E-state index >= 15 is 0 Å². The summed E-state index contributed by atoms with van der Waals surface area (Å²) in [4.78, 5) is 14.6. The Morgan fingerprint density at radius 3 is 2.68 bits per heavy atom. The number of hydrogen-bond donors (Lipinski definition) is 2. The topological polar surface area (TPSA) is 88.2 Å². The third kappa shape index (κ3) is 3.72. The summed E-state index contributed by atoms with van der Waals surface area (Å²) in [7, 11) is 0. The number of nitrogens with zero attached hydrogens (tertiary/aromatic N) is 3. The lowest BCUT2D eigenvalue weighted by molar-refractivity contribution is -0.131. The zero-order valence-electron chi connectivity index (χ0n) is 11.9. The fourth-order valence-corrected chi connectivity index (χ4v) is 2.31. The maximum atomic E-state index is 11.2. The highest BCUT2D eigenvalue weighted by Crippen LogP contribution is 2.33. The van der Waals surface area contributed by atoms with Crippen LogP contribution in [-0.4, -0.2) is 30.9 Å². The molecule has 0 aliphatic carbocycles. The molecule has 2 unspecified atom stereocenters. The molecular formula is C15H16ClN3O3.